The molecule has 1 aromatic carbocycles. The van der Waals surface area contributed by atoms with E-state index in [9.17, 15) is 9.59 Å². The summed E-state index contributed by atoms with van der Waals surface area (Å²) in [6.07, 6.45) is 5.10. The second-order valence-electron chi connectivity index (χ2n) is 7.09. The van der Waals surface area contributed by atoms with Gasteiger partial charge in [-0.1, -0.05) is 18.2 Å². The number of hydrogen-bond acceptors (Lipinski definition) is 3. The largest absolute Gasteiger partial charge is 0.327 e. The van der Waals surface area contributed by atoms with Gasteiger partial charge in [0.1, 0.15) is 6.54 Å². The van der Waals surface area contributed by atoms with E-state index in [0.29, 0.717) is 6.54 Å². The highest BCUT2D eigenvalue weighted by Gasteiger charge is 2.44. The lowest BCUT2D eigenvalue weighted by atomic mass is 10.2. The molecule has 3 aliphatic rings. The maximum absolute atomic E-state index is 12.6. The van der Waals surface area contributed by atoms with Gasteiger partial charge in [-0.15, -0.1) is 0 Å². The fraction of sp³-hybridized carbons (Fsp3) is 0.421. The summed E-state index contributed by atoms with van der Waals surface area (Å²) in [5.74, 6) is -0.0992. The minimum absolute atomic E-state index is 0.0992. The van der Waals surface area contributed by atoms with E-state index in [2.05, 4.69) is 0 Å². The first-order valence-electron chi connectivity index (χ1n) is 8.98. The quantitative estimate of drug-likeness (QED) is 0.805. The molecule has 2 aromatic rings. The minimum Gasteiger partial charge on any atom is -0.312 e. The molecule has 2 heterocycles. The molecule has 2 fully saturated rings. The van der Waals surface area contributed by atoms with Crippen molar-refractivity contribution in [2.45, 2.75) is 44.7 Å². The number of rotatable bonds is 4. The number of para-hydroxylation sites is 1. The molecule has 0 N–H and O–H groups in total. The maximum atomic E-state index is 12.6. The van der Waals surface area contributed by atoms with Crippen molar-refractivity contribution in [3.63, 3.8) is 0 Å². The van der Waals surface area contributed by atoms with E-state index in [-0.39, 0.29) is 24.5 Å². The fourth-order valence-corrected chi connectivity index (χ4v) is 3.96. The van der Waals surface area contributed by atoms with Crippen molar-refractivity contribution in [2.75, 3.05) is 6.54 Å². The van der Waals surface area contributed by atoms with E-state index in [4.69, 9.17) is 5.10 Å². The Morgan fingerprint density at radius 2 is 1.88 bits per heavy atom. The molecule has 5 rings (SSSR count). The van der Waals surface area contributed by atoms with Crippen molar-refractivity contribution < 1.29 is 9.59 Å². The second kappa shape index (κ2) is 5.44. The Morgan fingerprint density at radius 3 is 2.64 bits per heavy atom. The van der Waals surface area contributed by atoms with Crippen molar-refractivity contribution in [1.29, 1.82) is 0 Å². The summed E-state index contributed by atoms with van der Waals surface area (Å²) >= 11 is 0. The van der Waals surface area contributed by atoms with Crippen LogP contribution in [0.15, 0.2) is 30.3 Å². The Balaban J connectivity index is 1.47. The predicted molar refractivity (Wildman–Crippen MR) is 91.3 cm³/mol. The molecular formula is C19H20N4O2. The molecular weight excluding hydrogens is 316 g/mol. The zero-order valence-corrected chi connectivity index (χ0v) is 14.0. The molecule has 0 bridgehead atoms. The molecule has 0 radical (unpaired) electrons. The van der Waals surface area contributed by atoms with Gasteiger partial charge in [-0.2, -0.15) is 5.10 Å². The lowest BCUT2D eigenvalue weighted by Crippen LogP contribution is -2.34. The van der Waals surface area contributed by atoms with Crippen molar-refractivity contribution in [2.24, 2.45) is 0 Å². The lowest BCUT2D eigenvalue weighted by Gasteiger charge is -2.16. The monoisotopic (exact) mass is 336 g/mol. The molecule has 3 amide bonds. The molecule has 1 aromatic heterocycles. The number of aromatic nitrogens is 2. The van der Waals surface area contributed by atoms with E-state index in [1.807, 2.05) is 35.0 Å². The number of carbonyl (C=O) groups excluding carboxylic acids is 2. The van der Waals surface area contributed by atoms with E-state index >= 15 is 0 Å². The number of carbonyl (C=O) groups is 2. The average Bonchev–Trinajstić information content (AvgIpc) is 3.15. The van der Waals surface area contributed by atoms with Gasteiger partial charge in [0, 0.05) is 11.7 Å². The van der Waals surface area contributed by atoms with Crippen molar-refractivity contribution in [1.82, 2.24) is 19.6 Å². The third-order valence-corrected chi connectivity index (χ3v) is 5.39. The first kappa shape index (κ1) is 14.7. The summed E-state index contributed by atoms with van der Waals surface area (Å²) in [5.41, 5.74) is 4.34. The number of nitrogens with zero attached hydrogens (tertiary/aromatic N) is 4. The number of amides is 3. The van der Waals surface area contributed by atoms with Crippen LogP contribution in [0, 0.1) is 0 Å². The minimum atomic E-state index is -0.145. The smallest absolute Gasteiger partial charge is 0.312 e. The van der Waals surface area contributed by atoms with Crippen molar-refractivity contribution >= 4 is 11.9 Å². The van der Waals surface area contributed by atoms with E-state index in [1.165, 1.54) is 16.2 Å². The summed E-state index contributed by atoms with van der Waals surface area (Å²) in [4.78, 5) is 28.0. The molecule has 1 saturated heterocycles. The van der Waals surface area contributed by atoms with Crippen LogP contribution >= 0.6 is 0 Å². The van der Waals surface area contributed by atoms with Gasteiger partial charge < -0.3 is 4.90 Å². The van der Waals surface area contributed by atoms with Crippen LogP contribution in [0.5, 0.6) is 0 Å². The van der Waals surface area contributed by atoms with Gasteiger partial charge in [0.25, 0.3) is 5.91 Å². The number of hydrogen-bond donors (Lipinski definition) is 0. The standard InChI is InChI=1S/C19H20N4O2/c24-18-12-21(13-9-10-13)19(25)22(18)11-16-15-7-4-8-17(15)23(20-16)14-5-2-1-3-6-14/h1-3,5-6,13H,4,7-12H2. The molecule has 0 unspecified atom stereocenters. The van der Waals surface area contributed by atoms with Crippen LogP contribution in [-0.4, -0.2) is 44.1 Å². The van der Waals surface area contributed by atoms with Crippen molar-refractivity contribution in [3.8, 4) is 5.69 Å². The average molecular weight is 336 g/mol. The number of imide groups is 1. The SMILES string of the molecule is O=C1CN(C2CC2)C(=O)N1Cc1nn(-c2ccccc2)c2c1CCC2. The summed E-state index contributed by atoms with van der Waals surface area (Å²) < 4.78 is 1.99. The van der Waals surface area contributed by atoms with Crippen molar-refractivity contribution in [3.05, 3.63) is 47.3 Å². The van der Waals surface area contributed by atoms with Crippen LogP contribution < -0.4 is 0 Å². The molecule has 6 nitrogen and oxygen atoms in total. The number of fused-ring (bicyclic) bond motifs is 1. The highest BCUT2D eigenvalue weighted by Crippen LogP contribution is 2.32. The van der Waals surface area contributed by atoms with Crippen LogP contribution in [0.2, 0.25) is 0 Å². The Labute approximate surface area is 146 Å². The molecule has 0 atom stereocenters. The molecule has 2 aliphatic carbocycles. The van der Waals surface area contributed by atoms with Gasteiger partial charge in [-0.25, -0.2) is 9.48 Å². The third kappa shape index (κ3) is 2.35. The molecule has 6 heteroatoms. The molecule has 1 saturated carbocycles. The Bertz CT molecular complexity index is 854. The topological polar surface area (TPSA) is 58.4 Å². The summed E-state index contributed by atoms with van der Waals surface area (Å²) in [5, 5.41) is 4.77. The van der Waals surface area contributed by atoms with Crippen LogP contribution in [-0.2, 0) is 24.2 Å². The third-order valence-electron chi connectivity index (χ3n) is 5.39. The summed E-state index contributed by atoms with van der Waals surface area (Å²) in [7, 11) is 0. The molecule has 1 aliphatic heterocycles. The van der Waals surface area contributed by atoms with Gasteiger partial charge >= 0.3 is 6.03 Å². The molecule has 0 spiro atoms. The second-order valence-corrected chi connectivity index (χ2v) is 7.09. The Hall–Kier alpha value is -2.63. The van der Waals surface area contributed by atoms with Crippen LogP contribution in [0.3, 0.4) is 0 Å². The van der Waals surface area contributed by atoms with E-state index < -0.39 is 0 Å². The van der Waals surface area contributed by atoms with Gasteiger partial charge in [0.15, 0.2) is 0 Å². The normalized spacial score (nSPS) is 19.8. The van der Waals surface area contributed by atoms with Gasteiger partial charge in [0.2, 0.25) is 0 Å². The van der Waals surface area contributed by atoms with Gasteiger partial charge in [-0.05, 0) is 49.8 Å². The Morgan fingerprint density at radius 1 is 1.08 bits per heavy atom. The van der Waals surface area contributed by atoms with Crippen LogP contribution in [0.4, 0.5) is 4.79 Å². The fourth-order valence-electron chi connectivity index (χ4n) is 3.96. The number of urea groups is 1. The zero-order chi connectivity index (χ0) is 17.0. The maximum Gasteiger partial charge on any atom is 0.327 e. The van der Waals surface area contributed by atoms with Gasteiger partial charge in [0.05, 0.1) is 17.9 Å². The lowest BCUT2D eigenvalue weighted by molar-refractivity contribution is -0.125. The number of benzene rings is 1. The predicted octanol–water partition coefficient (Wildman–Crippen LogP) is 2.29. The van der Waals surface area contributed by atoms with E-state index in [1.54, 1.807) is 4.90 Å². The first-order valence-corrected chi connectivity index (χ1v) is 8.98. The van der Waals surface area contributed by atoms with E-state index in [0.717, 1.165) is 43.5 Å². The zero-order valence-electron chi connectivity index (χ0n) is 14.0. The van der Waals surface area contributed by atoms with Gasteiger partial charge in [-0.3, -0.25) is 9.69 Å². The van der Waals surface area contributed by atoms with Crippen LogP contribution in [0.25, 0.3) is 5.69 Å². The summed E-state index contributed by atoms with van der Waals surface area (Å²) in [6.45, 7) is 0.522. The molecule has 128 valence electrons. The highest BCUT2D eigenvalue weighted by molar-refractivity contribution is 6.02. The Kier molecular flexibility index (Phi) is 3.20. The summed E-state index contributed by atoms with van der Waals surface area (Å²) in [6, 6.07) is 10.2. The molecule has 25 heavy (non-hydrogen) atoms. The first-order chi connectivity index (χ1) is 12.2. The van der Waals surface area contributed by atoms with Crippen LogP contribution in [0.1, 0.15) is 36.2 Å². The highest BCUT2D eigenvalue weighted by atomic mass is 16.2.